The van der Waals surface area contributed by atoms with Gasteiger partial charge in [0.25, 0.3) is 5.91 Å². The van der Waals surface area contributed by atoms with E-state index in [-0.39, 0.29) is 12.3 Å². The Morgan fingerprint density at radius 3 is 2.89 bits per heavy atom. The molecule has 2 N–H and O–H groups in total. The van der Waals surface area contributed by atoms with E-state index in [1.165, 1.54) is 17.1 Å². The van der Waals surface area contributed by atoms with Crippen molar-refractivity contribution in [2.24, 2.45) is 5.10 Å². The number of hydrazone groups is 1. The molecule has 0 saturated carbocycles. The zero-order chi connectivity index (χ0) is 19.1. The van der Waals surface area contributed by atoms with Gasteiger partial charge in [-0.2, -0.15) is 9.90 Å². The molecule has 27 heavy (non-hydrogen) atoms. The summed E-state index contributed by atoms with van der Waals surface area (Å²) in [6.07, 6.45) is 1.45. The number of carbonyl (C=O) groups excluding carboxylic acids is 1. The van der Waals surface area contributed by atoms with Crippen LogP contribution in [0.4, 0.5) is 0 Å². The van der Waals surface area contributed by atoms with E-state index in [9.17, 15) is 9.90 Å². The quantitative estimate of drug-likeness (QED) is 0.485. The van der Waals surface area contributed by atoms with Crippen LogP contribution in [0.2, 0.25) is 0 Å². The normalized spacial score (nSPS) is 10.9. The van der Waals surface area contributed by atoms with Crippen LogP contribution in [0, 0.1) is 0 Å². The summed E-state index contributed by atoms with van der Waals surface area (Å²) in [6, 6.07) is 14.1. The van der Waals surface area contributed by atoms with Gasteiger partial charge in [-0.3, -0.25) is 4.79 Å². The van der Waals surface area contributed by atoms with Gasteiger partial charge < -0.3 is 9.84 Å². The number of phenolic OH excluding ortho intramolecular Hbond substituents is 1. The first-order valence-corrected chi connectivity index (χ1v) is 8.26. The first-order chi connectivity index (χ1) is 13.2. The maximum Gasteiger partial charge on any atom is 0.263 e. The molecule has 1 heterocycles. The molecule has 9 nitrogen and oxygen atoms in total. The van der Waals surface area contributed by atoms with Crippen LogP contribution >= 0.6 is 0 Å². The van der Waals surface area contributed by atoms with Gasteiger partial charge >= 0.3 is 0 Å². The Bertz CT molecular complexity index is 939. The summed E-state index contributed by atoms with van der Waals surface area (Å²) >= 11 is 0. The van der Waals surface area contributed by atoms with Gasteiger partial charge in [0.1, 0.15) is 6.54 Å². The number of nitrogens with zero attached hydrogens (tertiary/aromatic N) is 5. The number of hydrogen-bond acceptors (Lipinski definition) is 7. The standard InChI is InChI=1S/C18H18N6O3/c1-2-27-16-10-13(8-9-15(16)25)11-19-20-17(26)12-24-22-18(21-23-24)14-6-4-3-5-7-14/h3-11,25H,2,12H2,1H3,(H,20,26). The minimum absolute atomic E-state index is 0.0458. The van der Waals surface area contributed by atoms with Crippen LogP contribution < -0.4 is 10.2 Å². The zero-order valence-electron chi connectivity index (χ0n) is 14.6. The molecule has 0 atom stereocenters. The van der Waals surface area contributed by atoms with E-state index in [2.05, 4.69) is 25.9 Å². The molecule has 0 bridgehead atoms. The number of ether oxygens (including phenoxy) is 1. The van der Waals surface area contributed by atoms with Crippen molar-refractivity contribution in [2.45, 2.75) is 13.5 Å². The van der Waals surface area contributed by atoms with Crippen molar-refractivity contribution in [3.8, 4) is 22.9 Å². The highest BCUT2D eigenvalue weighted by Crippen LogP contribution is 2.26. The predicted octanol–water partition coefficient (Wildman–Crippen LogP) is 1.59. The Morgan fingerprint density at radius 1 is 1.30 bits per heavy atom. The lowest BCUT2D eigenvalue weighted by Crippen LogP contribution is -2.24. The summed E-state index contributed by atoms with van der Waals surface area (Å²) in [5.41, 5.74) is 3.88. The van der Waals surface area contributed by atoms with Gasteiger partial charge in [-0.25, -0.2) is 5.43 Å². The molecule has 0 spiro atoms. The Morgan fingerprint density at radius 2 is 2.11 bits per heavy atom. The number of carbonyl (C=O) groups is 1. The van der Waals surface area contributed by atoms with Crippen molar-refractivity contribution in [2.75, 3.05) is 6.61 Å². The van der Waals surface area contributed by atoms with E-state index in [1.807, 2.05) is 37.3 Å². The van der Waals surface area contributed by atoms with E-state index < -0.39 is 5.91 Å². The average molecular weight is 366 g/mol. The summed E-state index contributed by atoms with van der Waals surface area (Å²) in [4.78, 5) is 13.1. The molecular formula is C18H18N6O3. The molecular weight excluding hydrogens is 348 g/mol. The van der Waals surface area contributed by atoms with Gasteiger partial charge in [0.15, 0.2) is 11.5 Å². The lowest BCUT2D eigenvalue weighted by Gasteiger charge is -2.05. The predicted molar refractivity (Wildman–Crippen MR) is 98.3 cm³/mol. The zero-order valence-corrected chi connectivity index (χ0v) is 14.6. The molecule has 0 aliphatic rings. The van der Waals surface area contributed by atoms with E-state index in [4.69, 9.17) is 4.74 Å². The molecule has 1 amide bonds. The molecule has 3 aromatic rings. The third kappa shape index (κ3) is 4.88. The lowest BCUT2D eigenvalue weighted by atomic mass is 10.2. The number of hydrogen-bond donors (Lipinski definition) is 2. The van der Waals surface area contributed by atoms with Crippen LogP contribution in [-0.4, -0.2) is 44.0 Å². The molecule has 0 radical (unpaired) electrons. The fraction of sp³-hybridized carbons (Fsp3) is 0.167. The third-order valence-corrected chi connectivity index (χ3v) is 3.46. The second-order valence-electron chi connectivity index (χ2n) is 5.46. The van der Waals surface area contributed by atoms with Crippen molar-refractivity contribution < 1.29 is 14.6 Å². The molecule has 0 aliphatic heterocycles. The van der Waals surface area contributed by atoms with Gasteiger partial charge in [0.2, 0.25) is 5.82 Å². The summed E-state index contributed by atoms with van der Waals surface area (Å²) in [7, 11) is 0. The minimum atomic E-state index is -0.396. The number of amides is 1. The number of aromatic nitrogens is 4. The molecule has 3 rings (SSSR count). The molecule has 1 aromatic heterocycles. The van der Waals surface area contributed by atoms with Crippen molar-refractivity contribution in [1.29, 1.82) is 0 Å². The Kier molecular flexibility index (Phi) is 5.73. The Balaban J connectivity index is 1.56. The maximum absolute atomic E-state index is 12.0. The third-order valence-electron chi connectivity index (χ3n) is 3.46. The Hall–Kier alpha value is -3.75. The van der Waals surface area contributed by atoms with Gasteiger partial charge in [-0.05, 0) is 35.9 Å². The maximum atomic E-state index is 12.0. The molecule has 0 fully saturated rings. The largest absolute Gasteiger partial charge is 0.504 e. The van der Waals surface area contributed by atoms with Crippen LogP contribution in [0.5, 0.6) is 11.5 Å². The number of rotatable bonds is 7. The Labute approximate surface area is 155 Å². The van der Waals surface area contributed by atoms with E-state index >= 15 is 0 Å². The van der Waals surface area contributed by atoms with Crippen LogP contribution in [0.3, 0.4) is 0 Å². The highest BCUT2D eigenvalue weighted by molar-refractivity contribution is 5.83. The number of phenols is 1. The summed E-state index contributed by atoms with van der Waals surface area (Å²) in [5, 5.41) is 25.5. The number of nitrogens with one attached hydrogen (secondary N) is 1. The average Bonchev–Trinajstić information content (AvgIpc) is 3.13. The highest BCUT2D eigenvalue weighted by atomic mass is 16.5. The first kappa shape index (κ1) is 18.1. The van der Waals surface area contributed by atoms with E-state index in [1.54, 1.807) is 12.1 Å². The number of aromatic hydroxyl groups is 1. The molecule has 0 saturated heterocycles. The van der Waals surface area contributed by atoms with Gasteiger partial charge in [0.05, 0.1) is 12.8 Å². The fourth-order valence-electron chi connectivity index (χ4n) is 2.24. The monoisotopic (exact) mass is 366 g/mol. The molecule has 2 aromatic carbocycles. The highest BCUT2D eigenvalue weighted by Gasteiger charge is 2.08. The molecule has 138 valence electrons. The van der Waals surface area contributed by atoms with Gasteiger partial charge in [-0.1, -0.05) is 30.3 Å². The summed E-state index contributed by atoms with van der Waals surface area (Å²) in [5.74, 6) is 0.448. The van der Waals surface area contributed by atoms with Crippen molar-refractivity contribution >= 4 is 12.1 Å². The van der Waals surface area contributed by atoms with Crippen LogP contribution in [0.1, 0.15) is 12.5 Å². The summed E-state index contributed by atoms with van der Waals surface area (Å²) in [6.45, 7) is 2.14. The molecule has 0 aliphatic carbocycles. The van der Waals surface area contributed by atoms with E-state index in [0.29, 0.717) is 23.7 Å². The second kappa shape index (κ2) is 8.56. The summed E-state index contributed by atoms with van der Waals surface area (Å²) < 4.78 is 5.30. The topological polar surface area (TPSA) is 115 Å². The molecule has 0 unspecified atom stereocenters. The van der Waals surface area contributed by atoms with Crippen molar-refractivity contribution in [3.63, 3.8) is 0 Å². The van der Waals surface area contributed by atoms with Crippen LogP contribution in [-0.2, 0) is 11.3 Å². The number of tetrazole rings is 1. The molecule has 9 heteroatoms. The van der Waals surface area contributed by atoms with Crippen LogP contribution in [0.25, 0.3) is 11.4 Å². The van der Waals surface area contributed by atoms with E-state index in [0.717, 1.165) is 5.56 Å². The number of benzene rings is 2. The van der Waals surface area contributed by atoms with Gasteiger partial charge in [0, 0.05) is 5.56 Å². The van der Waals surface area contributed by atoms with Crippen molar-refractivity contribution in [1.82, 2.24) is 25.6 Å². The SMILES string of the molecule is CCOc1cc(C=NNC(=O)Cn2nnc(-c3ccccc3)n2)ccc1O. The lowest BCUT2D eigenvalue weighted by molar-refractivity contribution is -0.122. The first-order valence-electron chi connectivity index (χ1n) is 8.26. The van der Waals surface area contributed by atoms with Crippen LogP contribution in [0.15, 0.2) is 53.6 Å². The van der Waals surface area contributed by atoms with Crippen molar-refractivity contribution in [3.05, 3.63) is 54.1 Å². The fourth-order valence-corrected chi connectivity index (χ4v) is 2.24. The van der Waals surface area contributed by atoms with Gasteiger partial charge in [-0.15, -0.1) is 10.2 Å². The minimum Gasteiger partial charge on any atom is -0.504 e. The second-order valence-corrected chi connectivity index (χ2v) is 5.46. The smallest absolute Gasteiger partial charge is 0.263 e.